The second-order valence-electron chi connectivity index (χ2n) is 7.21. The number of sulfonamides is 1. The van der Waals surface area contributed by atoms with E-state index in [-0.39, 0.29) is 24.3 Å². The fourth-order valence-corrected chi connectivity index (χ4v) is 4.24. The van der Waals surface area contributed by atoms with Gasteiger partial charge in [0.25, 0.3) is 0 Å². The molecule has 0 unspecified atom stereocenters. The Bertz CT molecular complexity index is 850. The van der Waals surface area contributed by atoms with Crippen molar-refractivity contribution >= 4 is 27.5 Å². The summed E-state index contributed by atoms with van der Waals surface area (Å²) in [7, 11) is -1.66. The lowest BCUT2D eigenvalue weighted by molar-refractivity contribution is -0.138. The number of amides is 2. The van der Waals surface area contributed by atoms with E-state index in [1.54, 1.807) is 25.2 Å². The van der Waals surface area contributed by atoms with Gasteiger partial charge in [0, 0.05) is 37.8 Å². The van der Waals surface area contributed by atoms with Crippen molar-refractivity contribution in [1.82, 2.24) is 9.21 Å². The molecule has 1 saturated heterocycles. The van der Waals surface area contributed by atoms with Gasteiger partial charge in [-0.15, -0.1) is 0 Å². The number of benzene rings is 1. The van der Waals surface area contributed by atoms with E-state index in [1.807, 2.05) is 13.8 Å². The molecule has 1 N–H and O–H groups in total. The molecule has 1 aromatic rings. The zero-order chi connectivity index (χ0) is 22.3. The lowest BCUT2D eigenvalue weighted by Gasteiger charge is -2.31. The Morgan fingerprint density at radius 3 is 2.30 bits per heavy atom. The molecule has 10 heteroatoms. The summed E-state index contributed by atoms with van der Waals surface area (Å²) in [6.07, 6.45) is 2.08. The number of ether oxygens (including phenoxy) is 2. The van der Waals surface area contributed by atoms with Crippen LogP contribution in [0.5, 0.6) is 11.5 Å². The van der Waals surface area contributed by atoms with Crippen LogP contribution in [0.25, 0.3) is 0 Å². The van der Waals surface area contributed by atoms with Crippen LogP contribution in [0.1, 0.15) is 26.7 Å². The maximum Gasteiger partial charge on any atom is 0.243 e. The number of carbonyl (C=O) groups is 2. The molecule has 1 aromatic carbocycles. The zero-order valence-corrected chi connectivity index (χ0v) is 18.8. The first-order valence-electron chi connectivity index (χ1n) is 10.0. The van der Waals surface area contributed by atoms with E-state index in [2.05, 4.69) is 5.32 Å². The number of nitrogens with zero attached hydrogens (tertiary/aromatic N) is 2. The second kappa shape index (κ2) is 10.6. The summed E-state index contributed by atoms with van der Waals surface area (Å²) in [5.74, 6) is 0.381. The Hall–Kier alpha value is -2.33. The molecule has 1 aliphatic heterocycles. The van der Waals surface area contributed by atoms with Gasteiger partial charge >= 0.3 is 0 Å². The minimum absolute atomic E-state index is 0.0949. The third-order valence-corrected chi connectivity index (χ3v) is 6.16. The van der Waals surface area contributed by atoms with Gasteiger partial charge in [-0.25, -0.2) is 12.7 Å². The van der Waals surface area contributed by atoms with Gasteiger partial charge in [-0.05, 0) is 38.8 Å². The smallest absolute Gasteiger partial charge is 0.243 e. The average Bonchev–Trinajstić information content (AvgIpc) is 2.69. The largest absolute Gasteiger partial charge is 0.490 e. The van der Waals surface area contributed by atoms with Crippen LogP contribution in [0.4, 0.5) is 5.69 Å². The van der Waals surface area contributed by atoms with Gasteiger partial charge in [0.15, 0.2) is 11.5 Å². The van der Waals surface area contributed by atoms with Crippen molar-refractivity contribution in [2.75, 3.05) is 51.5 Å². The number of hydrogen-bond donors (Lipinski definition) is 1. The molecule has 2 amide bonds. The number of nitrogens with one attached hydrogen (secondary N) is 1. The maximum absolute atomic E-state index is 12.6. The SMILES string of the molecule is CCOc1ccc(NC(=O)CN(C)C(=O)C2CCN(S(C)(=O)=O)CC2)cc1OCC. The number of likely N-dealkylation sites (N-methyl/N-ethyl adjacent to an activating group) is 1. The minimum Gasteiger partial charge on any atom is -0.490 e. The van der Waals surface area contributed by atoms with Crippen LogP contribution < -0.4 is 14.8 Å². The first-order valence-corrected chi connectivity index (χ1v) is 11.9. The first-order chi connectivity index (χ1) is 14.2. The van der Waals surface area contributed by atoms with E-state index in [4.69, 9.17) is 9.47 Å². The highest BCUT2D eigenvalue weighted by Crippen LogP contribution is 2.30. The lowest BCUT2D eigenvalue weighted by atomic mass is 9.96. The molecule has 0 aliphatic carbocycles. The lowest BCUT2D eigenvalue weighted by Crippen LogP contribution is -2.44. The Kier molecular flexibility index (Phi) is 8.48. The molecule has 0 saturated carbocycles. The minimum atomic E-state index is -3.24. The van der Waals surface area contributed by atoms with Crippen LogP contribution >= 0.6 is 0 Å². The van der Waals surface area contributed by atoms with Crippen LogP contribution in [0.2, 0.25) is 0 Å². The van der Waals surface area contributed by atoms with Gasteiger partial charge in [0.1, 0.15) is 0 Å². The standard InChI is InChI=1S/C20H31N3O6S/c1-5-28-17-8-7-16(13-18(17)29-6-2)21-19(24)14-22(3)20(25)15-9-11-23(12-10-15)30(4,26)27/h7-8,13,15H,5-6,9-12,14H2,1-4H3,(H,21,24). The number of carbonyl (C=O) groups excluding carboxylic acids is 2. The summed E-state index contributed by atoms with van der Waals surface area (Å²) >= 11 is 0. The fourth-order valence-electron chi connectivity index (χ4n) is 3.37. The van der Waals surface area contributed by atoms with Crippen molar-refractivity contribution in [3.05, 3.63) is 18.2 Å². The maximum atomic E-state index is 12.6. The summed E-state index contributed by atoms with van der Waals surface area (Å²) in [5.41, 5.74) is 0.550. The molecule has 1 aliphatic rings. The van der Waals surface area contributed by atoms with Gasteiger partial charge in [0.2, 0.25) is 21.8 Å². The Morgan fingerprint density at radius 1 is 1.13 bits per heavy atom. The van der Waals surface area contributed by atoms with E-state index >= 15 is 0 Å². The van der Waals surface area contributed by atoms with Crippen LogP contribution in [-0.4, -0.2) is 75.6 Å². The van der Waals surface area contributed by atoms with Gasteiger partial charge in [0.05, 0.1) is 26.0 Å². The quantitative estimate of drug-likeness (QED) is 0.623. The van der Waals surface area contributed by atoms with Crippen LogP contribution in [0.3, 0.4) is 0 Å². The molecular formula is C20H31N3O6S. The van der Waals surface area contributed by atoms with Gasteiger partial charge in [-0.2, -0.15) is 0 Å². The Labute approximate surface area is 178 Å². The molecule has 9 nitrogen and oxygen atoms in total. The van der Waals surface area contributed by atoms with Crippen molar-refractivity contribution < 1.29 is 27.5 Å². The molecule has 168 valence electrons. The van der Waals surface area contributed by atoms with Crippen LogP contribution in [0, 0.1) is 5.92 Å². The molecule has 1 heterocycles. The van der Waals surface area contributed by atoms with Crippen LogP contribution in [-0.2, 0) is 19.6 Å². The number of piperidine rings is 1. The highest BCUT2D eigenvalue weighted by Gasteiger charge is 2.30. The van der Waals surface area contributed by atoms with Crippen molar-refractivity contribution in [2.24, 2.45) is 5.92 Å². The molecule has 0 atom stereocenters. The highest BCUT2D eigenvalue weighted by atomic mass is 32.2. The van der Waals surface area contributed by atoms with E-state index in [9.17, 15) is 18.0 Å². The van der Waals surface area contributed by atoms with Crippen molar-refractivity contribution in [2.45, 2.75) is 26.7 Å². The Balaban J connectivity index is 1.91. The van der Waals surface area contributed by atoms with Crippen molar-refractivity contribution in [1.29, 1.82) is 0 Å². The first kappa shape index (κ1) is 23.9. The van der Waals surface area contributed by atoms with Crippen molar-refractivity contribution in [3.63, 3.8) is 0 Å². The van der Waals surface area contributed by atoms with E-state index in [0.717, 1.165) is 0 Å². The molecule has 0 radical (unpaired) electrons. The zero-order valence-electron chi connectivity index (χ0n) is 18.0. The number of rotatable bonds is 9. The molecule has 30 heavy (non-hydrogen) atoms. The molecule has 2 rings (SSSR count). The average molecular weight is 442 g/mol. The topological polar surface area (TPSA) is 105 Å². The summed E-state index contributed by atoms with van der Waals surface area (Å²) in [6.45, 7) is 5.26. The van der Waals surface area contributed by atoms with E-state index < -0.39 is 10.0 Å². The summed E-state index contributed by atoms with van der Waals surface area (Å²) in [5, 5.41) is 2.77. The van der Waals surface area contributed by atoms with Crippen molar-refractivity contribution in [3.8, 4) is 11.5 Å². The fraction of sp³-hybridized carbons (Fsp3) is 0.600. The molecule has 1 fully saturated rings. The van der Waals surface area contributed by atoms with Crippen LogP contribution in [0.15, 0.2) is 18.2 Å². The molecule has 0 aromatic heterocycles. The third kappa shape index (κ3) is 6.60. The van der Waals surface area contributed by atoms with E-state index in [1.165, 1.54) is 15.5 Å². The predicted octanol–water partition coefficient (Wildman–Crippen LogP) is 1.55. The molecular weight excluding hydrogens is 410 g/mol. The Morgan fingerprint density at radius 2 is 1.73 bits per heavy atom. The second-order valence-corrected chi connectivity index (χ2v) is 9.19. The number of hydrogen-bond acceptors (Lipinski definition) is 6. The normalized spacial score (nSPS) is 15.5. The summed E-state index contributed by atoms with van der Waals surface area (Å²) < 4.78 is 35.6. The third-order valence-electron chi connectivity index (χ3n) is 4.86. The summed E-state index contributed by atoms with van der Waals surface area (Å²) in [6, 6.07) is 5.14. The molecule has 0 spiro atoms. The van der Waals surface area contributed by atoms with Gasteiger partial charge in [-0.1, -0.05) is 0 Å². The predicted molar refractivity (Wildman–Crippen MR) is 114 cm³/mol. The monoisotopic (exact) mass is 441 g/mol. The molecule has 0 bridgehead atoms. The number of anilines is 1. The highest BCUT2D eigenvalue weighted by molar-refractivity contribution is 7.88. The summed E-state index contributed by atoms with van der Waals surface area (Å²) in [4.78, 5) is 26.4. The van der Waals surface area contributed by atoms with Gasteiger partial charge in [-0.3, -0.25) is 9.59 Å². The van der Waals surface area contributed by atoms with E-state index in [0.29, 0.717) is 56.3 Å². The van der Waals surface area contributed by atoms with Gasteiger partial charge < -0.3 is 19.7 Å².